The van der Waals surface area contributed by atoms with Gasteiger partial charge in [-0.15, -0.1) is 12.4 Å². The average Bonchev–Trinajstić information content (AvgIpc) is 2.38. The lowest BCUT2D eigenvalue weighted by Crippen LogP contribution is -2.40. The molecule has 1 heterocycles. The van der Waals surface area contributed by atoms with E-state index in [2.05, 4.69) is 42.2 Å². The van der Waals surface area contributed by atoms with Gasteiger partial charge in [-0.1, -0.05) is 30.3 Å². The van der Waals surface area contributed by atoms with Crippen molar-refractivity contribution in [1.29, 1.82) is 0 Å². The first-order valence-electron chi connectivity index (χ1n) is 6.77. The summed E-state index contributed by atoms with van der Waals surface area (Å²) in [5, 5.41) is 0. The van der Waals surface area contributed by atoms with Gasteiger partial charge in [0, 0.05) is 12.6 Å². The fourth-order valence-corrected chi connectivity index (χ4v) is 2.63. The molecular weight excluding hydrogens is 244 g/mol. The lowest BCUT2D eigenvalue weighted by molar-refractivity contribution is 0.174. The van der Waals surface area contributed by atoms with Crippen LogP contribution < -0.4 is 5.73 Å². The normalized spacial score (nSPS) is 19.2. The quantitative estimate of drug-likeness (QED) is 0.910. The first-order valence-corrected chi connectivity index (χ1v) is 6.77. The minimum atomic E-state index is 0. The van der Waals surface area contributed by atoms with E-state index in [1.165, 1.54) is 44.5 Å². The second kappa shape index (κ2) is 7.78. The minimum Gasteiger partial charge on any atom is -0.328 e. The van der Waals surface area contributed by atoms with E-state index >= 15 is 0 Å². The molecule has 0 bridgehead atoms. The van der Waals surface area contributed by atoms with Gasteiger partial charge < -0.3 is 10.6 Å². The number of rotatable bonds is 4. The highest BCUT2D eigenvalue weighted by Gasteiger charge is 2.21. The number of halogens is 1. The molecule has 1 aromatic rings. The Balaban J connectivity index is 0.00000162. The maximum atomic E-state index is 5.96. The molecule has 3 heteroatoms. The molecule has 0 amide bonds. The zero-order valence-electron chi connectivity index (χ0n) is 11.2. The van der Waals surface area contributed by atoms with Crippen LogP contribution in [0, 0.1) is 5.92 Å². The van der Waals surface area contributed by atoms with Gasteiger partial charge in [0.1, 0.15) is 0 Å². The third kappa shape index (κ3) is 4.60. The highest BCUT2D eigenvalue weighted by molar-refractivity contribution is 5.85. The van der Waals surface area contributed by atoms with Crippen LogP contribution in [-0.4, -0.2) is 30.6 Å². The molecule has 102 valence electrons. The van der Waals surface area contributed by atoms with Crippen LogP contribution in [0.1, 0.15) is 25.3 Å². The summed E-state index contributed by atoms with van der Waals surface area (Å²) in [4.78, 5) is 2.58. The average molecular weight is 269 g/mol. The van der Waals surface area contributed by atoms with Crippen molar-refractivity contribution in [2.75, 3.05) is 19.6 Å². The lowest BCUT2D eigenvalue weighted by atomic mass is 9.91. The molecule has 0 aliphatic carbocycles. The Morgan fingerprint density at radius 2 is 1.83 bits per heavy atom. The van der Waals surface area contributed by atoms with Gasteiger partial charge in [-0.3, -0.25) is 0 Å². The van der Waals surface area contributed by atoms with Crippen LogP contribution in [0.5, 0.6) is 0 Å². The van der Waals surface area contributed by atoms with Crippen LogP contribution in [0.4, 0.5) is 0 Å². The Bertz CT molecular complexity index is 319. The molecule has 2 nitrogen and oxygen atoms in total. The molecule has 1 unspecified atom stereocenters. The van der Waals surface area contributed by atoms with Crippen molar-refractivity contribution in [3.8, 4) is 0 Å². The predicted octanol–water partition coefficient (Wildman–Crippen LogP) is 2.71. The van der Waals surface area contributed by atoms with E-state index in [1.807, 2.05) is 0 Å². The van der Waals surface area contributed by atoms with Gasteiger partial charge in [0.15, 0.2) is 0 Å². The summed E-state index contributed by atoms with van der Waals surface area (Å²) in [5.41, 5.74) is 7.41. The van der Waals surface area contributed by atoms with Gasteiger partial charge in [0.2, 0.25) is 0 Å². The van der Waals surface area contributed by atoms with Gasteiger partial charge in [-0.05, 0) is 50.8 Å². The van der Waals surface area contributed by atoms with Crippen LogP contribution in [0.15, 0.2) is 30.3 Å². The van der Waals surface area contributed by atoms with E-state index in [9.17, 15) is 0 Å². The largest absolute Gasteiger partial charge is 0.328 e. The Hall–Kier alpha value is -0.570. The summed E-state index contributed by atoms with van der Waals surface area (Å²) in [6.07, 6.45) is 3.71. The van der Waals surface area contributed by atoms with Crippen molar-refractivity contribution >= 4 is 12.4 Å². The van der Waals surface area contributed by atoms with Crippen LogP contribution >= 0.6 is 12.4 Å². The zero-order valence-corrected chi connectivity index (χ0v) is 12.0. The number of nitrogens with two attached hydrogens (primary N) is 1. The summed E-state index contributed by atoms with van der Waals surface area (Å²) in [7, 11) is 0. The lowest BCUT2D eigenvalue weighted by Gasteiger charge is -2.33. The predicted molar refractivity (Wildman–Crippen MR) is 80.2 cm³/mol. The summed E-state index contributed by atoms with van der Waals surface area (Å²) in [5.74, 6) is 0.739. The zero-order chi connectivity index (χ0) is 12.1. The number of likely N-dealkylation sites (tertiary alicyclic amines) is 1. The molecule has 2 N–H and O–H groups in total. The first kappa shape index (κ1) is 15.5. The van der Waals surface area contributed by atoms with Crippen molar-refractivity contribution in [2.45, 2.75) is 32.2 Å². The highest BCUT2D eigenvalue weighted by Crippen LogP contribution is 2.19. The number of hydrogen-bond donors (Lipinski definition) is 1. The van der Waals surface area contributed by atoms with Crippen LogP contribution in [0.2, 0.25) is 0 Å². The van der Waals surface area contributed by atoms with Crippen molar-refractivity contribution in [3.63, 3.8) is 0 Å². The molecule has 0 saturated carbocycles. The molecule has 1 aliphatic rings. The number of hydrogen-bond acceptors (Lipinski definition) is 2. The molecule has 1 aliphatic heterocycles. The second-order valence-corrected chi connectivity index (χ2v) is 5.27. The molecule has 0 aromatic heterocycles. The summed E-state index contributed by atoms with van der Waals surface area (Å²) >= 11 is 0. The van der Waals surface area contributed by atoms with Gasteiger partial charge >= 0.3 is 0 Å². The molecular formula is C15H25ClN2. The highest BCUT2D eigenvalue weighted by atomic mass is 35.5. The Morgan fingerprint density at radius 1 is 1.22 bits per heavy atom. The second-order valence-electron chi connectivity index (χ2n) is 5.27. The van der Waals surface area contributed by atoms with Gasteiger partial charge in [-0.25, -0.2) is 0 Å². The number of nitrogens with zero attached hydrogens (tertiary/aromatic N) is 1. The van der Waals surface area contributed by atoms with Gasteiger partial charge in [0.05, 0.1) is 0 Å². The third-order valence-electron chi connectivity index (χ3n) is 3.94. The number of benzene rings is 1. The van der Waals surface area contributed by atoms with Crippen molar-refractivity contribution in [3.05, 3.63) is 35.9 Å². The molecule has 1 aromatic carbocycles. The topological polar surface area (TPSA) is 29.3 Å². The minimum absolute atomic E-state index is 0. The van der Waals surface area contributed by atoms with Crippen LogP contribution in [-0.2, 0) is 6.42 Å². The van der Waals surface area contributed by atoms with Gasteiger partial charge in [-0.2, -0.15) is 0 Å². The van der Waals surface area contributed by atoms with Crippen LogP contribution in [0.25, 0.3) is 0 Å². The SMILES string of the molecule is CC(N)C1CCN(CCc2ccccc2)CC1.Cl. The van der Waals surface area contributed by atoms with Crippen molar-refractivity contribution < 1.29 is 0 Å². The Kier molecular flexibility index (Phi) is 6.69. The van der Waals surface area contributed by atoms with E-state index in [1.54, 1.807) is 0 Å². The molecule has 0 spiro atoms. The molecule has 0 radical (unpaired) electrons. The van der Waals surface area contributed by atoms with E-state index < -0.39 is 0 Å². The maximum Gasteiger partial charge on any atom is 0.00397 e. The summed E-state index contributed by atoms with van der Waals surface area (Å²) < 4.78 is 0. The molecule has 1 atom stereocenters. The Labute approximate surface area is 117 Å². The Morgan fingerprint density at radius 3 is 2.39 bits per heavy atom. The number of piperidine rings is 1. The maximum absolute atomic E-state index is 5.96. The molecule has 1 saturated heterocycles. The summed E-state index contributed by atoms with van der Waals surface area (Å²) in [6, 6.07) is 11.1. The fraction of sp³-hybridized carbons (Fsp3) is 0.600. The van der Waals surface area contributed by atoms with E-state index in [0.29, 0.717) is 6.04 Å². The van der Waals surface area contributed by atoms with E-state index in [4.69, 9.17) is 5.73 Å². The van der Waals surface area contributed by atoms with Crippen molar-refractivity contribution in [2.24, 2.45) is 11.7 Å². The van der Waals surface area contributed by atoms with E-state index in [-0.39, 0.29) is 12.4 Å². The van der Waals surface area contributed by atoms with Crippen LogP contribution in [0.3, 0.4) is 0 Å². The van der Waals surface area contributed by atoms with Crippen molar-refractivity contribution in [1.82, 2.24) is 4.90 Å². The molecule has 18 heavy (non-hydrogen) atoms. The monoisotopic (exact) mass is 268 g/mol. The smallest absolute Gasteiger partial charge is 0.00397 e. The summed E-state index contributed by atoms with van der Waals surface area (Å²) in [6.45, 7) is 5.78. The van der Waals surface area contributed by atoms with Gasteiger partial charge in [0.25, 0.3) is 0 Å². The standard InChI is InChI=1S/C15H24N2.ClH/c1-13(16)15-8-11-17(12-9-15)10-7-14-5-3-2-4-6-14;/h2-6,13,15H,7-12,16H2,1H3;1H. The molecule has 2 rings (SSSR count). The van der Waals surface area contributed by atoms with E-state index in [0.717, 1.165) is 5.92 Å². The molecule has 1 fully saturated rings. The first-order chi connectivity index (χ1) is 8.25. The third-order valence-corrected chi connectivity index (χ3v) is 3.94. The fourth-order valence-electron chi connectivity index (χ4n) is 2.63.